The Morgan fingerprint density at radius 1 is 1.20 bits per heavy atom. The minimum absolute atomic E-state index is 0.0378. The van der Waals surface area contributed by atoms with Gasteiger partial charge >= 0.3 is 0 Å². The molecule has 104 valence electrons. The van der Waals surface area contributed by atoms with Crippen LogP contribution in [0.15, 0.2) is 40.9 Å². The highest BCUT2D eigenvalue weighted by atomic mass is 79.9. The zero-order valence-electron chi connectivity index (χ0n) is 11.5. The van der Waals surface area contributed by atoms with Gasteiger partial charge in [-0.25, -0.2) is 0 Å². The number of aryl methyl sites for hydroxylation is 2. The van der Waals surface area contributed by atoms with Crippen LogP contribution in [0.1, 0.15) is 16.7 Å². The SMILES string of the molecule is Cc1ccc(C)c(CC(=O)Nc2ccc(N)cc2Br)c1. The summed E-state index contributed by atoms with van der Waals surface area (Å²) in [5.74, 6) is -0.0378. The summed E-state index contributed by atoms with van der Waals surface area (Å²) in [4.78, 5) is 12.1. The van der Waals surface area contributed by atoms with Crippen LogP contribution in [0.2, 0.25) is 0 Å². The van der Waals surface area contributed by atoms with Crippen molar-refractivity contribution in [2.75, 3.05) is 11.1 Å². The van der Waals surface area contributed by atoms with E-state index in [1.807, 2.05) is 32.0 Å². The maximum Gasteiger partial charge on any atom is 0.228 e. The molecule has 1 amide bonds. The van der Waals surface area contributed by atoms with Crippen LogP contribution in [0.3, 0.4) is 0 Å². The molecule has 20 heavy (non-hydrogen) atoms. The molecule has 2 rings (SSSR count). The van der Waals surface area contributed by atoms with Crippen LogP contribution in [0, 0.1) is 13.8 Å². The quantitative estimate of drug-likeness (QED) is 0.839. The number of nitrogens with two attached hydrogens (primary N) is 1. The van der Waals surface area contributed by atoms with Crippen LogP contribution in [0.25, 0.3) is 0 Å². The lowest BCUT2D eigenvalue weighted by Gasteiger charge is -2.10. The Labute approximate surface area is 127 Å². The second-order valence-electron chi connectivity index (χ2n) is 4.89. The third kappa shape index (κ3) is 3.61. The number of amides is 1. The Balaban J connectivity index is 2.11. The summed E-state index contributed by atoms with van der Waals surface area (Å²) >= 11 is 3.39. The van der Waals surface area contributed by atoms with E-state index in [0.29, 0.717) is 12.1 Å². The average molecular weight is 333 g/mol. The van der Waals surface area contributed by atoms with Gasteiger partial charge in [0.1, 0.15) is 0 Å². The molecule has 0 aliphatic carbocycles. The van der Waals surface area contributed by atoms with Crippen molar-refractivity contribution in [3.63, 3.8) is 0 Å². The third-order valence-corrected chi connectivity index (χ3v) is 3.78. The Morgan fingerprint density at radius 2 is 1.95 bits per heavy atom. The molecule has 0 aromatic heterocycles. The minimum atomic E-state index is -0.0378. The molecule has 3 N–H and O–H groups in total. The lowest BCUT2D eigenvalue weighted by molar-refractivity contribution is -0.115. The maximum atomic E-state index is 12.1. The van der Waals surface area contributed by atoms with Crippen molar-refractivity contribution in [1.82, 2.24) is 0 Å². The van der Waals surface area contributed by atoms with Crippen LogP contribution in [0.4, 0.5) is 11.4 Å². The fourth-order valence-corrected chi connectivity index (χ4v) is 2.49. The van der Waals surface area contributed by atoms with Gasteiger partial charge < -0.3 is 11.1 Å². The maximum absolute atomic E-state index is 12.1. The van der Waals surface area contributed by atoms with Gasteiger partial charge in [0.2, 0.25) is 5.91 Å². The van der Waals surface area contributed by atoms with Gasteiger partial charge in [0.15, 0.2) is 0 Å². The molecule has 0 atom stereocenters. The van der Waals surface area contributed by atoms with Gasteiger partial charge in [0.25, 0.3) is 0 Å². The van der Waals surface area contributed by atoms with Crippen LogP contribution >= 0.6 is 15.9 Å². The second kappa shape index (κ2) is 6.09. The van der Waals surface area contributed by atoms with E-state index in [0.717, 1.165) is 26.9 Å². The molecule has 0 radical (unpaired) electrons. The summed E-state index contributed by atoms with van der Waals surface area (Å²) in [6.07, 6.45) is 0.365. The number of anilines is 2. The number of halogens is 1. The molecule has 0 bridgehead atoms. The number of hydrogen-bond donors (Lipinski definition) is 2. The molecule has 4 heteroatoms. The van der Waals surface area contributed by atoms with E-state index in [4.69, 9.17) is 5.73 Å². The van der Waals surface area contributed by atoms with Gasteiger partial charge in [0, 0.05) is 10.2 Å². The molecule has 0 saturated carbocycles. The fourth-order valence-electron chi connectivity index (χ4n) is 1.99. The average Bonchev–Trinajstić information content (AvgIpc) is 2.37. The van der Waals surface area contributed by atoms with Crippen molar-refractivity contribution in [2.45, 2.75) is 20.3 Å². The smallest absolute Gasteiger partial charge is 0.228 e. The van der Waals surface area contributed by atoms with E-state index >= 15 is 0 Å². The van der Waals surface area contributed by atoms with Crippen molar-refractivity contribution in [2.24, 2.45) is 0 Å². The normalized spacial score (nSPS) is 10.3. The fraction of sp³-hybridized carbons (Fsp3) is 0.188. The van der Waals surface area contributed by atoms with E-state index < -0.39 is 0 Å². The summed E-state index contributed by atoms with van der Waals surface area (Å²) in [5, 5.41) is 2.89. The van der Waals surface area contributed by atoms with Crippen LogP contribution in [-0.4, -0.2) is 5.91 Å². The first kappa shape index (κ1) is 14.6. The Morgan fingerprint density at radius 3 is 2.65 bits per heavy atom. The number of carbonyl (C=O) groups is 1. The molecule has 2 aromatic carbocycles. The Hall–Kier alpha value is -1.81. The largest absolute Gasteiger partial charge is 0.399 e. The van der Waals surface area contributed by atoms with E-state index in [1.165, 1.54) is 0 Å². The van der Waals surface area contributed by atoms with Gasteiger partial charge in [-0.15, -0.1) is 0 Å². The topological polar surface area (TPSA) is 55.1 Å². The van der Waals surface area contributed by atoms with Gasteiger partial charge in [-0.05, 0) is 59.1 Å². The van der Waals surface area contributed by atoms with E-state index in [2.05, 4.69) is 21.2 Å². The third-order valence-electron chi connectivity index (χ3n) is 3.12. The number of hydrogen-bond acceptors (Lipinski definition) is 2. The first-order valence-electron chi connectivity index (χ1n) is 6.36. The zero-order valence-corrected chi connectivity index (χ0v) is 13.1. The van der Waals surface area contributed by atoms with Crippen LogP contribution in [0.5, 0.6) is 0 Å². The lowest BCUT2D eigenvalue weighted by Crippen LogP contribution is -2.15. The summed E-state index contributed by atoms with van der Waals surface area (Å²) in [6.45, 7) is 4.04. The van der Waals surface area contributed by atoms with E-state index in [1.54, 1.807) is 18.2 Å². The first-order valence-corrected chi connectivity index (χ1v) is 7.16. The van der Waals surface area contributed by atoms with Crippen molar-refractivity contribution >= 4 is 33.2 Å². The summed E-state index contributed by atoms with van der Waals surface area (Å²) in [6, 6.07) is 11.5. The van der Waals surface area contributed by atoms with Gasteiger partial charge in [-0.2, -0.15) is 0 Å². The molecule has 3 nitrogen and oxygen atoms in total. The molecule has 0 heterocycles. The van der Waals surface area contributed by atoms with Crippen molar-refractivity contribution in [3.8, 4) is 0 Å². The monoisotopic (exact) mass is 332 g/mol. The predicted octanol–water partition coefficient (Wildman–Crippen LogP) is 3.83. The number of rotatable bonds is 3. The highest BCUT2D eigenvalue weighted by molar-refractivity contribution is 9.10. The minimum Gasteiger partial charge on any atom is -0.399 e. The first-order chi connectivity index (χ1) is 9.45. The number of nitrogen functional groups attached to an aromatic ring is 1. The van der Waals surface area contributed by atoms with Crippen LogP contribution < -0.4 is 11.1 Å². The van der Waals surface area contributed by atoms with Gasteiger partial charge in [-0.1, -0.05) is 23.8 Å². The van der Waals surface area contributed by atoms with Crippen LogP contribution in [-0.2, 0) is 11.2 Å². The van der Waals surface area contributed by atoms with Crippen molar-refractivity contribution < 1.29 is 4.79 Å². The Bertz CT molecular complexity index is 653. The summed E-state index contributed by atoms with van der Waals surface area (Å²) in [7, 11) is 0. The van der Waals surface area contributed by atoms with E-state index in [-0.39, 0.29) is 5.91 Å². The zero-order chi connectivity index (χ0) is 14.7. The van der Waals surface area contributed by atoms with E-state index in [9.17, 15) is 4.79 Å². The molecular formula is C16H17BrN2O. The molecule has 0 aliphatic rings. The second-order valence-corrected chi connectivity index (χ2v) is 5.75. The molecule has 0 aliphatic heterocycles. The number of carbonyl (C=O) groups excluding carboxylic acids is 1. The summed E-state index contributed by atoms with van der Waals surface area (Å²) < 4.78 is 0.784. The number of benzene rings is 2. The molecule has 0 spiro atoms. The molecule has 0 saturated heterocycles. The molecule has 2 aromatic rings. The van der Waals surface area contributed by atoms with Gasteiger partial charge in [-0.3, -0.25) is 4.79 Å². The number of nitrogens with one attached hydrogen (secondary N) is 1. The standard InChI is InChI=1S/C16H17BrN2O/c1-10-3-4-11(2)12(7-10)8-16(20)19-15-6-5-13(18)9-14(15)17/h3-7,9H,8,18H2,1-2H3,(H,19,20). The molecule has 0 unspecified atom stereocenters. The lowest BCUT2D eigenvalue weighted by atomic mass is 10.0. The van der Waals surface area contributed by atoms with Crippen molar-refractivity contribution in [3.05, 3.63) is 57.6 Å². The highest BCUT2D eigenvalue weighted by Gasteiger charge is 2.09. The van der Waals surface area contributed by atoms with Crippen molar-refractivity contribution in [1.29, 1.82) is 0 Å². The predicted molar refractivity (Wildman–Crippen MR) is 86.8 cm³/mol. The Kier molecular flexibility index (Phi) is 4.45. The highest BCUT2D eigenvalue weighted by Crippen LogP contribution is 2.25. The molecule has 0 fully saturated rings. The molecular weight excluding hydrogens is 316 g/mol. The van der Waals surface area contributed by atoms with Gasteiger partial charge in [0.05, 0.1) is 12.1 Å². The summed E-state index contributed by atoms with van der Waals surface area (Å²) in [5.41, 5.74) is 10.4.